The first-order chi connectivity index (χ1) is 38.2. The van der Waals surface area contributed by atoms with E-state index in [9.17, 15) is 9.59 Å². The third-order valence-corrected chi connectivity index (χ3v) is 11.8. The van der Waals surface area contributed by atoms with E-state index < -0.39 is 23.4 Å². The van der Waals surface area contributed by atoms with Gasteiger partial charge in [-0.2, -0.15) is 10.2 Å². The number of aromatic nitrogens is 10. The van der Waals surface area contributed by atoms with Crippen LogP contribution in [0.25, 0.3) is 46.3 Å². The van der Waals surface area contributed by atoms with Crippen LogP contribution < -0.4 is 20.1 Å². The van der Waals surface area contributed by atoms with E-state index in [1.54, 1.807) is 65.8 Å². The average molecular weight is 1090 g/mol. The van der Waals surface area contributed by atoms with Crippen molar-refractivity contribution in [1.29, 1.82) is 0 Å². The van der Waals surface area contributed by atoms with Gasteiger partial charge in [0.2, 0.25) is 11.8 Å². The van der Waals surface area contributed by atoms with Crippen LogP contribution in [0.5, 0.6) is 11.8 Å². The summed E-state index contributed by atoms with van der Waals surface area (Å²) in [6, 6.07) is 23.6. The second-order valence-corrected chi connectivity index (χ2v) is 21.2. The van der Waals surface area contributed by atoms with Crippen molar-refractivity contribution in [3.63, 3.8) is 0 Å². The molecule has 1 aliphatic heterocycles. The number of anilines is 2. The number of ether oxygens (including phenoxy) is 4. The minimum atomic E-state index is -0.687. The Morgan fingerprint density at radius 1 is 0.700 bits per heavy atom. The Labute approximate surface area is 465 Å². The van der Waals surface area contributed by atoms with Crippen LogP contribution in [-0.4, -0.2) is 85.5 Å². The molecule has 80 heavy (non-hydrogen) atoms. The number of pyridine rings is 2. The fourth-order valence-corrected chi connectivity index (χ4v) is 8.26. The highest BCUT2D eigenvalue weighted by molar-refractivity contribution is 5.90. The lowest BCUT2D eigenvalue weighted by molar-refractivity contribution is 0.0624. The molecule has 4 bridgehead atoms. The van der Waals surface area contributed by atoms with Crippen LogP contribution in [0.2, 0.25) is 0 Å². The molecule has 2 N–H and O–H groups in total. The quantitative estimate of drug-likeness (QED) is 0.0963. The molecule has 0 unspecified atom stereocenters. The molecule has 1 aliphatic rings. The van der Waals surface area contributed by atoms with Crippen LogP contribution >= 0.6 is 0 Å². The summed E-state index contributed by atoms with van der Waals surface area (Å²) in [4.78, 5) is 34.7. The first kappa shape index (κ1) is 57.0. The van der Waals surface area contributed by atoms with Gasteiger partial charge in [-0.3, -0.25) is 20.0 Å². The van der Waals surface area contributed by atoms with Crippen LogP contribution in [-0.2, 0) is 35.4 Å². The number of hydrogen-bond acceptors (Lipinski definition) is 16. The highest BCUT2D eigenvalue weighted by atomic mass is 16.6. The molecule has 0 saturated carbocycles. The Morgan fingerprint density at radius 3 is 1.76 bits per heavy atom. The van der Waals surface area contributed by atoms with E-state index in [0.29, 0.717) is 78.9 Å². The summed E-state index contributed by atoms with van der Waals surface area (Å²) in [5, 5.41) is 32.2. The lowest BCUT2D eigenvalue weighted by Crippen LogP contribution is -2.27. The van der Waals surface area contributed by atoms with Crippen molar-refractivity contribution < 1.29 is 37.4 Å². The van der Waals surface area contributed by atoms with Gasteiger partial charge < -0.3 is 27.8 Å². The maximum absolute atomic E-state index is 12.7. The van der Waals surface area contributed by atoms with E-state index >= 15 is 0 Å². The number of nitrogens with one attached hydrogen (secondary N) is 2. The summed E-state index contributed by atoms with van der Waals surface area (Å²) < 4.78 is 39.0. The third-order valence-electron chi connectivity index (χ3n) is 11.8. The topological polar surface area (TPSA) is 234 Å². The van der Waals surface area contributed by atoms with Crippen LogP contribution in [0.1, 0.15) is 102 Å². The molecule has 6 aromatic heterocycles. The fraction of sp³-hybridized carbons (Fsp3) is 0.333. The van der Waals surface area contributed by atoms with E-state index in [2.05, 4.69) is 78.4 Å². The lowest BCUT2D eigenvalue weighted by atomic mass is 10.1. The molecule has 7 heterocycles. The second kappa shape index (κ2) is 25.1. The van der Waals surface area contributed by atoms with Gasteiger partial charge in [-0.25, -0.2) is 19.6 Å². The second-order valence-electron chi connectivity index (χ2n) is 21.2. The molecule has 20 nitrogen and oxygen atoms in total. The molecule has 0 radical (unpaired) electrons. The summed E-state index contributed by atoms with van der Waals surface area (Å²) in [6.07, 6.45) is 12.7. The normalized spacial score (nSPS) is 13.6. The summed E-state index contributed by atoms with van der Waals surface area (Å²) >= 11 is 0. The van der Waals surface area contributed by atoms with E-state index in [1.807, 2.05) is 98.0 Å². The highest BCUT2D eigenvalue weighted by Gasteiger charge is 2.27. The number of fused-ring (bicyclic) bond motifs is 7. The minimum Gasteiger partial charge on any atom is -0.474 e. The van der Waals surface area contributed by atoms with Crippen molar-refractivity contribution in [2.45, 2.75) is 131 Å². The van der Waals surface area contributed by atoms with Gasteiger partial charge in [-0.05, 0) is 105 Å². The molecule has 416 valence electrons. The van der Waals surface area contributed by atoms with E-state index in [-0.39, 0.29) is 47.2 Å². The predicted molar refractivity (Wildman–Crippen MR) is 304 cm³/mol. The van der Waals surface area contributed by atoms with E-state index in [1.165, 1.54) is 0 Å². The van der Waals surface area contributed by atoms with Crippen molar-refractivity contribution in [3.8, 4) is 58.1 Å². The van der Waals surface area contributed by atoms with Crippen LogP contribution in [0.4, 0.5) is 21.0 Å². The molecule has 2 atom stereocenters. The molecule has 0 spiro atoms. The van der Waals surface area contributed by atoms with Gasteiger partial charge in [0.15, 0.2) is 22.8 Å². The Balaban J connectivity index is 0.000000210. The monoisotopic (exact) mass is 1080 g/mol. The van der Waals surface area contributed by atoms with Gasteiger partial charge >= 0.3 is 12.2 Å². The van der Waals surface area contributed by atoms with E-state index in [4.69, 9.17) is 38.0 Å². The summed E-state index contributed by atoms with van der Waals surface area (Å²) in [6.45, 7) is 27.2. The van der Waals surface area contributed by atoms with Gasteiger partial charge in [-0.15, -0.1) is 33.6 Å². The van der Waals surface area contributed by atoms with Gasteiger partial charge in [0.1, 0.15) is 23.4 Å². The maximum Gasteiger partial charge on any atom is 0.412 e. The zero-order chi connectivity index (χ0) is 57.1. The largest absolute Gasteiger partial charge is 0.474 e. The highest BCUT2D eigenvalue weighted by Crippen LogP contribution is 2.36. The van der Waals surface area contributed by atoms with Gasteiger partial charge in [0.25, 0.3) is 23.6 Å². The molecule has 9 rings (SSSR count). The number of allylic oxidation sites excluding steroid dienone is 2. The third kappa shape index (κ3) is 15.3. The van der Waals surface area contributed by atoms with Crippen LogP contribution in [0.3, 0.4) is 0 Å². The molecule has 20 heteroatoms. The first-order valence-electron chi connectivity index (χ1n) is 26.3. The fourth-order valence-electron chi connectivity index (χ4n) is 8.26. The number of aryl methyl sites for hydroxylation is 2. The number of hydrogen-bond donors (Lipinski definition) is 2. The van der Waals surface area contributed by atoms with Gasteiger partial charge in [0.05, 0.1) is 24.5 Å². The average Bonchev–Trinajstić information content (AvgIpc) is 4.22. The van der Waals surface area contributed by atoms with Crippen molar-refractivity contribution in [1.82, 2.24) is 49.9 Å². The van der Waals surface area contributed by atoms with Crippen molar-refractivity contribution in [2.24, 2.45) is 0 Å². The SMILES string of the molecule is C=CCc1cn(Cc2ccccc2)nc1-c1nnc(-c2nc(O[C@H](C)CC=C)c(C)cc2NC(=O)OC(C)(C)C)o1.Cc1cc(NC(=O)OC(C)(C)C)c2nc1O[C@H](C)CC=CCc1cn(Cc3ccccc3)nc1-c1nnc-2o1. The molecular formula is C60H68N12O8. The number of carbonyl (C=O) groups is 2. The molecule has 2 amide bonds. The molecule has 2 aromatic carbocycles. The standard InChI is InChI=1S/C31H36N6O4.C29H32N6O4/c1-8-13-21(4)39-27-20(3)17-24(32-30(38)41-31(5,6)7)26(33-27)29-35-34-28(40-29)25-23(14-9-2)19-37(36-25)18-22-15-11-10-12-16-22;1-18-15-22(30-28(36)39-29(3,4)5)24-27-33-32-26(38-27)23-21(14-10-9-11-19(2)37-25(18)31-24)17-35(34-23)16-20-12-7-6-8-13-20/h8-12,15-17,19,21H,1-2,13-14,18H2,3-7H3,(H,32,38);6-10,12-13,15,17,19H,11,14,16H2,1-5H3,(H,30,36)/t21-;19-/m11/s1. The molecule has 8 aromatic rings. The molecule has 0 fully saturated rings. The molecular weight excluding hydrogens is 1020 g/mol. The van der Waals surface area contributed by atoms with Crippen molar-refractivity contribution >= 4 is 23.6 Å². The summed E-state index contributed by atoms with van der Waals surface area (Å²) in [5.74, 6) is 1.50. The zero-order valence-corrected chi connectivity index (χ0v) is 46.9. The molecule has 0 saturated heterocycles. The summed E-state index contributed by atoms with van der Waals surface area (Å²) in [5.41, 5.74) is 6.57. The molecule has 0 aliphatic carbocycles. The van der Waals surface area contributed by atoms with E-state index in [0.717, 1.165) is 27.8 Å². The van der Waals surface area contributed by atoms with Crippen molar-refractivity contribution in [2.75, 3.05) is 10.6 Å². The Kier molecular flexibility index (Phi) is 17.9. The lowest BCUT2D eigenvalue weighted by Gasteiger charge is -2.21. The Morgan fingerprint density at radius 2 is 1.21 bits per heavy atom. The van der Waals surface area contributed by atoms with Crippen LogP contribution in [0.15, 0.2) is 131 Å². The predicted octanol–water partition coefficient (Wildman–Crippen LogP) is 12.7. The number of nitrogens with zero attached hydrogens (tertiary/aromatic N) is 10. The van der Waals surface area contributed by atoms with Crippen LogP contribution in [0, 0.1) is 13.8 Å². The zero-order valence-electron chi connectivity index (χ0n) is 46.9. The summed E-state index contributed by atoms with van der Waals surface area (Å²) in [7, 11) is 0. The number of rotatable bonds is 14. The van der Waals surface area contributed by atoms with Gasteiger partial charge in [0, 0.05) is 47.5 Å². The Bertz CT molecular complexity index is 3470. The minimum absolute atomic E-state index is 0.0921. The smallest absolute Gasteiger partial charge is 0.412 e. The number of carbonyl (C=O) groups excluding carboxylic acids is 2. The number of amides is 2. The van der Waals surface area contributed by atoms with Crippen molar-refractivity contribution in [3.05, 3.63) is 156 Å². The Hall–Kier alpha value is -9.20. The van der Waals surface area contributed by atoms with Gasteiger partial charge in [-0.1, -0.05) is 85.0 Å². The first-order valence-corrected chi connectivity index (χ1v) is 26.3. The maximum atomic E-state index is 12.7. The number of benzene rings is 2.